The number of hydrogen-bond donors (Lipinski definition) is 1. The first-order valence-corrected chi connectivity index (χ1v) is 5.67. The number of fused-ring (bicyclic) bond motifs is 1. The molecule has 3 nitrogen and oxygen atoms in total. The molecule has 0 aromatic heterocycles. The highest BCUT2D eigenvalue weighted by Gasteiger charge is 2.36. The summed E-state index contributed by atoms with van der Waals surface area (Å²) in [6.45, 7) is 2.91. The van der Waals surface area contributed by atoms with Gasteiger partial charge in [-0.3, -0.25) is 0 Å². The summed E-state index contributed by atoms with van der Waals surface area (Å²) >= 11 is 0. The first-order chi connectivity index (χ1) is 7.74. The molecule has 16 heavy (non-hydrogen) atoms. The van der Waals surface area contributed by atoms with Crippen molar-refractivity contribution in [2.45, 2.75) is 25.3 Å². The van der Waals surface area contributed by atoms with Gasteiger partial charge in [0.1, 0.15) is 5.75 Å². The van der Waals surface area contributed by atoms with E-state index in [1.807, 2.05) is 12.1 Å². The molecule has 1 aromatic rings. The molecular formula is C13H19NO2. The lowest BCUT2D eigenvalue weighted by atomic mass is 9.93. The molecule has 0 saturated carbocycles. The Hall–Kier alpha value is -1.22. The second-order valence-electron chi connectivity index (χ2n) is 4.36. The van der Waals surface area contributed by atoms with Gasteiger partial charge in [0.15, 0.2) is 0 Å². The van der Waals surface area contributed by atoms with Crippen molar-refractivity contribution in [2.24, 2.45) is 0 Å². The molecule has 2 rings (SSSR count). The van der Waals surface area contributed by atoms with Gasteiger partial charge >= 0.3 is 0 Å². The van der Waals surface area contributed by atoms with E-state index in [0.29, 0.717) is 0 Å². The fourth-order valence-corrected chi connectivity index (χ4v) is 2.40. The summed E-state index contributed by atoms with van der Waals surface area (Å²) in [4.78, 5) is 0. The van der Waals surface area contributed by atoms with Gasteiger partial charge in [0.05, 0.1) is 19.3 Å². The molecule has 1 atom stereocenters. The number of nitrogens with one attached hydrogen (secondary N) is 1. The third-order valence-corrected chi connectivity index (χ3v) is 3.37. The zero-order valence-electron chi connectivity index (χ0n) is 10.2. The highest BCUT2D eigenvalue weighted by atomic mass is 16.5. The van der Waals surface area contributed by atoms with E-state index in [9.17, 15) is 0 Å². The van der Waals surface area contributed by atoms with Crippen LogP contribution in [0.2, 0.25) is 0 Å². The first kappa shape index (κ1) is 11.3. The quantitative estimate of drug-likeness (QED) is 0.847. The maximum Gasteiger partial charge on any atom is 0.124 e. The van der Waals surface area contributed by atoms with Gasteiger partial charge in [0.2, 0.25) is 0 Å². The summed E-state index contributed by atoms with van der Waals surface area (Å²) in [6.07, 6.45) is 2.01. The fraction of sp³-hybridized carbons (Fsp3) is 0.538. The van der Waals surface area contributed by atoms with E-state index in [2.05, 4.69) is 18.3 Å². The van der Waals surface area contributed by atoms with Crippen LogP contribution in [0.3, 0.4) is 0 Å². The Morgan fingerprint density at radius 1 is 1.38 bits per heavy atom. The molecule has 88 valence electrons. The standard InChI is InChI=1S/C13H19NO2/c1-4-13(9-15-2)8-10-11(14-13)6-5-7-12(10)16-3/h5-7,14H,4,8-9H2,1-3H3. The molecule has 0 radical (unpaired) electrons. The largest absolute Gasteiger partial charge is 0.496 e. The number of ether oxygens (including phenoxy) is 2. The molecule has 0 spiro atoms. The van der Waals surface area contributed by atoms with Crippen molar-refractivity contribution in [1.29, 1.82) is 0 Å². The van der Waals surface area contributed by atoms with Gasteiger partial charge in [0, 0.05) is 24.8 Å². The van der Waals surface area contributed by atoms with E-state index in [1.54, 1.807) is 14.2 Å². The van der Waals surface area contributed by atoms with Crippen LogP contribution >= 0.6 is 0 Å². The molecule has 0 amide bonds. The molecular weight excluding hydrogens is 202 g/mol. The van der Waals surface area contributed by atoms with Crippen molar-refractivity contribution in [3.8, 4) is 5.75 Å². The van der Waals surface area contributed by atoms with Crippen LogP contribution in [-0.2, 0) is 11.2 Å². The topological polar surface area (TPSA) is 30.5 Å². The average Bonchev–Trinajstić information content (AvgIpc) is 2.68. The monoisotopic (exact) mass is 221 g/mol. The highest BCUT2D eigenvalue weighted by molar-refractivity contribution is 5.64. The maximum atomic E-state index is 5.39. The normalized spacial score (nSPS) is 22.7. The Bertz CT molecular complexity index is 378. The molecule has 1 aliphatic heterocycles. The number of benzene rings is 1. The third kappa shape index (κ3) is 1.76. The second-order valence-corrected chi connectivity index (χ2v) is 4.36. The van der Waals surface area contributed by atoms with Crippen LogP contribution in [0.25, 0.3) is 0 Å². The van der Waals surface area contributed by atoms with E-state index in [0.717, 1.165) is 25.2 Å². The van der Waals surface area contributed by atoms with Gasteiger partial charge in [-0.25, -0.2) is 0 Å². The lowest BCUT2D eigenvalue weighted by Crippen LogP contribution is -2.40. The molecule has 1 aromatic carbocycles. The lowest BCUT2D eigenvalue weighted by molar-refractivity contribution is 0.143. The SMILES string of the molecule is CCC1(COC)Cc2c(cccc2OC)N1. The summed E-state index contributed by atoms with van der Waals surface area (Å²) in [7, 11) is 3.47. The minimum absolute atomic E-state index is 0.0334. The van der Waals surface area contributed by atoms with Crippen LogP contribution in [0.1, 0.15) is 18.9 Å². The van der Waals surface area contributed by atoms with Crippen LogP contribution in [0, 0.1) is 0 Å². The zero-order chi connectivity index (χ0) is 11.6. The molecule has 0 saturated heterocycles. The molecule has 0 aliphatic carbocycles. The van der Waals surface area contributed by atoms with Crippen molar-refractivity contribution >= 4 is 5.69 Å². The molecule has 1 N–H and O–H groups in total. The van der Waals surface area contributed by atoms with Crippen LogP contribution in [0.15, 0.2) is 18.2 Å². The molecule has 1 heterocycles. The minimum atomic E-state index is 0.0334. The second kappa shape index (κ2) is 4.34. The van der Waals surface area contributed by atoms with Gasteiger partial charge in [0.25, 0.3) is 0 Å². The Morgan fingerprint density at radius 3 is 2.81 bits per heavy atom. The smallest absolute Gasteiger partial charge is 0.124 e. The van der Waals surface area contributed by atoms with Crippen LogP contribution in [-0.4, -0.2) is 26.4 Å². The van der Waals surface area contributed by atoms with Gasteiger partial charge in [-0.15, -0.1) is 0 Å². The Kier molecular flexibility index (Phi) is 3.06. The molecule has 1 aliphatic rings. The van der Waals surface area contributed by atoms with Gasteiger partial charge < -0.3 is 14.8 Å². The summed E-state index contributed by atoms with van der Waals surface area (Å²) in [5.74, 6) is 0.969. The van der Waals surface area contributed by atoms with Crippen molar-refractivity contribution in [1.82, 2.24) is 0 Å². The van der Waals surface area contributed by atoms with E-state index in [4.69, 9.17) is 9.47 Å². The maximum absolute atomic E-state index is 5.39. The predicted molar refractivity (Wildman–Crippen MR) is 65.2 cm³/mol. The molecule has 0 fully saturated rings. The van der Waals surface area contributed by atoms with Crippen molar-refractivity contribution < 1.29 is 9.47 Å². The van der Waals surface area contributed by atoms with Crippen LogP contribution in [0.5, 0.6) is 5.75 Å². The summed E-state index contributed by atoms with van der Waals surface area (Å²) in [6, 6.07) is 6.13. The van der Waals surface area contributed by atoms with E-state index >= 15 is 0 Å². The minimum Gasteiger partial charge on any atom is -0.496 e. The number of hydrogen-bond acceptors (Lipinski definition) is 3. The predicted octanol–water partition coefficient (Wildman–Crippen LogP) is 2.46. The first-order valence-electron chi connectivity index (χ1n) is 5.67. The Balaban J connectivity index is 2.31. The summed E-state index contributed by atoms with van der Waals surface area (Å²) in [5, 5.41) is 3.57. The van der Waals surface area contributed by atoms with Crippen molar-refractivity contribution in [2.75, 3.05) is 26.1 Å². The van der Waals surface area contributed by atoms with Gasteiger partial charge in [-0.1, -0.05) is 13.0 Å². The average molecular weight is 221 g/mol. The number of methoxy groups -OCH3 is 2. The van der Waals surface area contributed by atoms with Crippen molar-refractivity contribution in [3.63, 3.8) is 0 Å². The van der Waals surface area contributed by atoms with E-state index < -0.39 is 0 Å². The summed E-state index contributed by atoms with van der Waals surface area (Å²) in [5.41, 5.74) is 2.48. The van der Waals surface area contributed by atoms with Crippen LogP contribution in [0.4, 0.5) is 5.69 Å². The van der Waals surface area contributed by atoms with Crippen molar-refractivity contribution in [3.05, 3.63) is 23.8 Å². The van der Waals surface area contributed by atoms with Crippen LogP contribution < -0.4 is 10.1 Å². The van der Waals surface area contributed by atoms with Gasteiger partial charge in [-0.05, 0) is 18.6 Å². The zero-order valence-corrected chi connectivity index (χ0v) is 10.2. The molecule has 3 heteroatoms. The summed E-state index contributed by atoms with van der Waals surface area (Å²) < 4.78 is 10.7. The lowest BCUT2D eigenvalue weighted by Gasteiger charge is -2.27. The Morgan fingerprint density at radius 2 is 2.19 bits per heavy atom. The number of rotatable bonds is 4. The van der Waals surface area contributed by atoms with Gasteiger partial charge in [-0.2, -0.15) is 0 Å². The highest BCUT2D eigenvalue weighted by Crippen LogP contribution is 2.39. The third-order valence-electron chi connectivity index (χ3n) is 3.37. The van der Waals surface area contributed by atoms with E-state index in [-0.39, 0.29) is 5.54 Å². The molecule has 0 bridgehead atoms. The Labute approximate surface area is 96.8 Å². The van der Waals surface area contributed by atoms with E-state index in [1.165, 1.54) is 11.3 Å². The fourth-order valence-electron chi connectivity index (χ4n) is 2.40. The molecule has 1 unspecified atom stereocenters. The number of anilines is 1.